The molecule has 1 aliphatic rings. The molecule has 0 saturated carbocycles. The zero-order valence-corrected chi connectivity index (χ0v) is 8.29. The lowest BCUT2D eigenvalue weighted by molar-refractivity contribution is 0.372. The molecule has 0 aliphatic carbocycles. The van der Waals surface area contributed by atoms with Gasteiger partial charge in [-0.15, -0.1) is 0 Å². The van der Waals surface area contributed by atoms with Crippen LogP contribution < -0.4 is 10.1 Å². The molecule has 3 nitrogen and oxygen atoms in total. The normalized spacial score (nSPS) is 21.1. The molecule has 0 amide bonds. The van der Waals surface area contributed by atoms with Gasteiger partial charge in [-0.1, -0.05) is 6.07 Å². The van der Waals surface area contributed by atoms with E-state index in [4.69, 9.17) is 4.74 Å². The van der Waals surface area contributed by atoms with E-state index >= 15 is 0 Å². The van der Waals surface area contributed by atoms with Crippen LogP contribution in [0.3, 0.4) is 0 Å². The number of nitrogens with one attached hydrogen (secondary N) is 1. The summed E-state index contributed by atoms with van der Waals surface area (Å²) >= 11 is 0. The van der Waals surface area contributed by atoms with Gasteiger partial charge in [0.15, 0.2) is 11.5 Å². The molecular formula is C11H15NO2. The molecule has 0 unspecified atom stereocenters. The molecule has 1 atom stereocenters. The third-order valence-corrected chi connectivity index (χ3v) is 2.67. The summed E-state index contributed by atoms with van der Waals surface area (Å²) in [4.78, 5) is 0. The first-order valence-corrected chi connectivity index (χ1v) is 4.91. The maximum absolute atomic E-state index is 9.60. The molecule has 0 bridgehead atoms. The van der Waals surface area contributed by atoms with Crippen LogP contribution >= 0.6 is 0 Å². The lowest BCUT2D eigenvalue weighted by Crippen LogP contribution is -2.12. The summed E-state index contributed by atoms with van der Waals surface area (Å²) in [6, 6.07) is 5.99. The van der Waals surface area contributed by atoms with Crippen LogP contribution in [-0.2, 0) is 0 Å². The monoisotopic (exact) mass is 193 g/mol. The smallest absolute Gasteiger partial charge is 0.160 e. The summed E-state index contributed by atoms with van der Waals surface area (Å²) in [6.07, 6.45) is 2.35. The average Bonchev–Trinajstić information content (AvgIpc) is 2.70. The van der Waals surface area contributed by atoms with Crippen LogP contribution in [0.25, 0.3) is 0 Å². The van der Waals surface area contributed by atoms with E-state index in [0.717, 1.165) is 18.5 Å². The number of ether oxygens (including phenoxy) is 1. The van der Waals surface area contributed by atoms with Gasteiger partial charge in [-0.2, -0.15) is 0 Å². The molecule has 3 heteroatoms. The first-order valence-electron chi connectivity index (χ1n) is 4.91. The van der Waals surface area contributed by atoms with Crippen LogP contribution in [0.4, 0.5) is 0 Å². The predicted molar refractivity (Wildman–Crippen MR) is 54.6 cm³/mol. The highest BCUT2D eigenvalue weighted by Gasteiger charge is 2.17. The van der Waals surface area contributed by atoms with Crippen molar-refractivity contribution in [2.24, 2.45) is 0 Å². The Bertz CT molecular complexity index is 319. The number of phenolic OH excluding ortho intramolecular Hbond substituents is 1. The Labute approximate surface area is 83.7 Å². The molecule has 2 rings (SSSR count). The van der Waals surface area contributed by atoms with Crippen molar-refractivity contribution in [3.63, 3.8) is 0 Å². The fourth-order valence-electron chi connectivity index (χ4n) is 1.89. The standard InChI is InChI=1S/C11H15NO2/c1-14-11-5-4-8(7-10(11)13)9-3-2-6-12-9/h4-5,7,9,12-13H,2-3,6H2,1H3/t9-/m1/s1. The summed E-state index contributed by atoms with van der Waals surface area (Å²) in [7, 11) is 1.56. The molecule has 1 aromatic carbocycles. The Balaban J connectivity index is 2.23. The van der Waals surface area contributed by atoms with Gasteiger partial charge in [0.2, 0.25) is 0 Å². The van der Waals surface area contributed by atoms with Crippen molar-refractivity contribution in [2.45, 2.75) is 18.9 Å². The van der Waals surface area contributed by atoms with E-state index in [1.54, 1.807) is 13.2 Å². The second-order valence-corrected chi connectivity index (χ2v) is 3.58. The minimum absolute atomic E-state index is 0.221. The quantitative estimate of drug-likeness (QED) is 0.752. The van der Waals surface area contributed by atoms with Gasteiger partial charge in [0.05, 0.1) is 7.11 Å². The Hall–Kier alpha value is -1.22. The van der Waals surface area contributed by atoms with Gasteiger partial charge >= 0.3 is 0 Å². The first-order chi connectivity index (χ1) is 6.81. The number of methoxy groups -OCH3 is 1. The lowest BCUT2D eigenvalue weighted by Gasteiger charge is -2.12. The van der Waals surface area contributed by atoms with Crippen LogP contribution in [0.1, 0.15) is 24.4 Å². The third-order valence-electron chi connectivity index (χ3n) is 2.67. The van der Waals surface area contributed by atoms with Crippen molar-refractivity contribution in [1.29, 1.82) is 0 Å². The number of aromatic hydroxyl groups is 1. The molecule has 0 aromatic heterocycles. The molecular weight excluding hydrogens is 178 g/mol. The van der Waals surface area contributed by atoms with Crippen LogP contribution in [0.2, 0.25) is 0 Å². The van der Waals surface area contributed by atoms with Gasteiger partial charge in [0.1, 0.15) is 0 Å². The summed E-state index contributed by atoms with van der Waals surface area (Å²) in [5.74, 6) is 0.755. The first kappa shape index (κ1) is 9.34. The highest BCUT2D eigenvalue weighted by molar-refractivity contribution is 5.42. The van der Waals surface area contributed by atoms with Gasteiger partial charge in [-0.25, -0.2) is 0 Å². The topological polar surface area (TPSA) is 41.5 Å². The molecule has 1 heterocycles. The third kappa shape index (κ3) is 1.68. The van der Waals surface area contributed by atoms with Crippen LogP contribution in [-0.4, -0.2) is 18.8 Å². The summed E-state index contributed by atoms with van der Waals surface area (Å²) in [6.45, 7) is 1.07. The van der Waals surface area contributed by atoms with Crippen molar-refractivity contribution in [3.8, 4) is 11.5 Å². The van der Waals surface area contributed by atoms with Gasteiger partial charge < -0.3 is 15.2 Å². The van der Waals surface area contributed by atoms with Gasteiger partial charge in [-0.05, 0) is 37.1 Å². The minimum Gasteiger partial charge on any atom is -0.504 e. The largest absolute Gasteiger partial charge is 0.504 e. The molecule has 1 aromatic rings. The molecule has 1 fully saturated rings. The summed E-state index contributed by atoms with van der Waals surface area (Å²) in [5, 5.41) is 13.0. The van der Waals surface area contributed by atoms with E-state index in [0.29, 0.717) is 11.8 Å². The highest BCUT2D eigenvalue weighted by Crippen LogP contribution is 2.31. The molecule has 2 N–H and O–H groups in total. The van der Waals surface area contributed by atoms with E-state index < -0.39 is 0 Å². The van der Waals surface area contributed by atoms with E-state index in [1.807, 2.05) is 12.1 Å². The average molecular weight is 193 g/mol. The Morgan fingerprint density at radius 1 is 1.50 bits per heavy atom. The Kier molecular flexibility index (Phi) is 2.59. The van der Waals surface area contributed by atoms with Crippen molar-refractivity contribution < 1.29 is 9.84 Å². The van der Waals surface area contributed by atoms with Crippen LogP contribution in [0.5, 0.6) is 11.5 Å². The molecule has 76 valence electrons. The van der Waals surface area contributed by atoms with Gasteiger partial charge in [-0.3, -0.25) is 0 Å². The molecule has 0 radical (unpaired) electrons. The van der Waals surface area contributed by atoms with Crippen molar-refractivity contribution in [3.05, 3.63) is 23.8 Å². The highest BCUT2D eigenvalue weighted by atomic mass is 16.5. The van der Waals surface area contributed by atoms with Crippen LogP contribution in [0, 0.1) is 0 Å². The SMILES string of the molecule is COc1ccc([C@H]2CCCN2)cc1O. The van der Waals surface area contributed by atoms with Crippen LogP contribution in [0.15, 0.2) is 18.2 Å². The molecule has 14 heavy (non-hydrogen) atoms. The van der Waals surface area contributed by atoms with E-state index in [9.17, 15) is 5.11 Å². The zero-order valence-electron chi connectivity index (χ0n) is 8.29. The number of benzene rings is 1. The minimum atomic E-state index is 0.221. The number of rotatable bonds is 2. The number of hydrogen-bond acceptors (Lipinski definition) is 3. The maximum atomic E-state index is 9.60. The lowest BCUT2D eigenvalue weighted by atomic mass is 10.0. The van der Waals surface area contributed by atoms with Crippen molar-refractivity contribution in [2.75, 3.05) is 13.7 Å². The fraction of sp³-hybridized carbons (Fsp3) is 0.455. The van der Waals surface area contributed by atoms with E-state index in [1.165, 1.54) is 6.42 Å². The van der Waals surface area contributed by atoms with Crippen molar-refractivity contribution in [1.82, 2.24) is 5.32 Å². The fourth-order valence-corrected chi connectivity index (χ4v) is 1.89. The Morgan fingerprint density at radius 3 is 2.93 bits per heavy atom. The van der Waals surface area contributed by atoms with E-state index in [2.05, 4.69) is 5.32 Å². The second kappa shape index (κ2) is 3.88. The van der Waals surface area contributed by atoms with Gasteiger partial charge in [0.25, 0.3) is 0 Å². The summed E-state index contributed by atoms with van der Waals surface area (Å²) < 4.78 is 4.99. The maximum Gasteiger partial charge on any atom is 0.160 e. The zero-order chi connectivity index (χ0) is 9.97. The predicted octanol–water partition coefficient (Wildman–Crippen LogP) is 1.83. The van der Waals surface area contributed by atoms with Gasteiger partial charge in [0, 0.05) is 6.04 Å². The Morgan fingerprint density at radius 2 is 2.36 bits per heavy atom. The van der Waals surface area contributed by atoms with Crippen molar-refractivity contribution >= 4 is 0 Å². The number of hydrogen-bond donors (Lipinski definition) is 2. The molecule has 0 spiro atoms. The second-order valence-electron chi connectivity index (χ2n) is 3.58. The summed E-state index contributed by atoms with van der Waals surface area (Å²) in [5.41, 5.74) is 1.14. The molecule has 1 saturated heterocycles. The van der Waals surface area contributed by atoms with E-state index in [-0.39, 0.29) is 5.75 Å². The number of phenols is 1. The molecule has 1 aliphatic heterocycles.